The lowest BCUT2D eigenvalue weighted by Crippen LogP contribution is -2.22. The van der Waals surface area contributed by atoms with E-state index in [4.69, 9.17) is 5.14 Å². The van der Waals surface area contributed by atoms with Crippen molar-refractivity contribution in [2.24, 2.45) is 11.1 Å². The number of nitrogens with one attached hydrogen (secondary N) is 2. The van der Waals surface area contributed by atoms with E-state index in [1.165, 1.54) is 12.1 Å². The van der Waals surface area contributed by atoms with Gasteiger partial charge in [-0.05, 0) is 18.2 Å². The number of benzene rings is 1. The summed E-state index contributed by atoms with van der Waals surface area (Å²) in [5.41, 5.74) is 0.811. The lowest BCUT2D eigenvalue weighted by molar-refractivity contribution is -0.118. The maximum atomic E-state index is 11.4. The Balaban J connectivity index is 2.83. The molecule has 0 fully saturated rings. The van der Waals surface area contributed by atoms with E-state index >= 15 is 0 Å². The smallest absolute Gasteiger partial charge is 0.296 e. The summed E-state index contributed by atoms with van der Waals surface area (Å²) < 4.78 is 23.8. The molecule has 1 aromatic carbocycles. The Hall–Kier alpha value is -1.60. The van der Waals surface area contributed by atoms with Crippen LogP contribution in [0.4, 0.5) is 11.4 Å². The van der Waals surface area contributed by atoms with E-state index in [9.17, 15) is 13.2 Å². The van der Waals surface area contributed by atoms with Gasteiger partial charge in [-0.3, -0.25) is 9.52 Å². The highest BCUT2D eigenvalue weighted by molar-refractivity contribution is 7.90. The van der Waals surface area contributed by atoms with Crippen molar-refractivity contribution in [3.63, 3.8) is 0 Å². The summed E-state index contributed by atoms with van der Waals surface area (Å²) in [4.78, 5) is 11.4. The summed E-state index contributed by atoms with van der Waals surface area (Å²) in [5.74, 6) is -0.289. The zero-order valence-corrected chi connectivity index (χ0v) is 10.4. The zero-order valence-electron chi connectivity index (χ0n) is 9.60. The highest BCUT2D eigenvalue weighted by atomic mass is 32.2. The second kappa shape index (κ2) is 5.15. The zero-order chi connectivity index (χ0) is 13.1. The number of nitrogens with two attached hydrogens (primary N) is 1. The molecule has 7 heteroatoms. The molecule has 1 aromatic rings. The topological polar surface area (TPSA) is 101 Å². The molecule has 1 amide bonds. The first-order chi connectivity index (χ1) is 7.78. The lowest BCUT2D eigenvalue weighted by Gasteiger charge is -2.09. The van der Waals surface area contributed by atoms with Crippen LogP contribution in [0, 0.1) is 5.92 Å². The fraction of sp³-hybridized carbons (Fsp3) is 0.300. The molecule has 0 saturated heterocycles. The Labute approximate surface area is 100 Å². The highest BCUT2D eigenvalue weighted by Crippen LogP contribution is 2.16. The van der Waals surface area contributed by atoms with Gasteiger partial charge in [-0.15, -0.1) is 0 Å². The summed E-state index contributed by atoms with van der Waals surface area (Å²) in [6, 6.07) is 6.30. The van der Waals surface area contributed by atoms with Crippen molar-refractivity contribution >= 4 is 27.5 Å². The molecule has 0 aliphatic carbocycles. The summed E-state index contributed by atoms with van der Waals surface area (Å²) in [6.07, 6.45) is 0. The third kappa shape index (κ3) is 4.83. The molecule has 0 heterocycles. The average molecular weight is 257 g/mol. The van der Waals surface area contributed by atoms with Crippen molar-refractivity contribution < 1.29 is 13.2 Å². The quantitative estimate of drug-likeness (QED) is 0.746. The molecule has 0 unspecified atom stereocenters. The summed E-state index contributed by atoms with van der Waals surface area (Å²) in [5, 5.41) is 7.49. The van der Waals surface area contributed by atoms with Crippen LogP contribution in [0.1, 0.15) is 13.8 Å². The molecule has 0 atom stereocenters. The van der Waals surface area contributed by atoms with E-state index in [0.29, 0.717) is 11.4 Å². The van der Waals surface area contributed by atoms with Gasteiger partial charge in [0.15, 0.2) is 0 Å². The van der Waals surface area contributed by atoms with Gasteiger partial charge in [-0.2, -0.15) is 8.42 Å². The number of anilines is 2. The number of amides is 1. The number of carbonyl (C=O) groups is 1. The van der Waals surface area contributed by atoms with Crippen molar-refractivity contribution in [1.82, 2.24) is 0 Å². The van der Waals surface area contributed by atoms with E-state index in [1.54, 1.807) is 26.0 Å². The molecule has 0 aliphatic rings. The molecule has 0 saturated carbocycles. The fourth-order valence-electron chi connectivity index (χ4n) is 1.11. The van der Waals surface area contributed by atoms with Crippen molar-refractivity contribution in [1.29, 1.82) is 0 Å². The minimum absolute atomic E-state index is 0.141. The van der Waals surface area contributed by atoms with Gasteiger partial charge in [-0.25, -0.2) is 5.14 Å². The van der Waals surface area contributed by atoms with Gasteiger partial charge in [-0.1, -0.05) is 19.9 Å². The fourth-order valence-corrected chi connectivity index (χ4v) is 1.57. The van der Waals surface area contributed by atoms with Gasteiger partial charge < -0.3 is 5.32 Å². The van der Waals surface area contributed by atoms with Crippen molar-refractivity contribution in [3.8, 4) is 0 Å². The molecule has 4 N–H and O–H groups in total. The standard InChI is InChI=1S/C10H15N3O3S/c1-7(2)10(14)12-8-4-3-5-9(6-8)13-17(11,15)16/h3-7,13H,1-2H3,(H,12,14)(H2,11,15,16). The first-order valence-electron chi connectivity index (χ1n) is 4.99. The Morgan fingerprint density at radius 2 is 1.88 bits per heavy atom. The first kappa shape index (κ1) is 13.5. The molecular formula is C10H15N3O3S. The van der Waals surface area contributed by atoms with Gasteiger partial charge in [0, 0.05) is 11.6 Å². The Kier molecular flexibility index (Phi) is 4.08. The molecule has 1 rings (SSSR count). The highest BCUT2D eigenvalue weighted by Gasteiger charge is 2.08. The van der Waals surface area contributed by atoms with Gasteiger partial charge in [0.2, 0.25) is 5.91 Å². The molecule has 0 aromatic heterocycles. The van der Waals surface area contributed by atoms with Crippen molar-refractivity contribution in [3.05, 3.63) is 24.3 Å². The van der Waals surface area contributed by atoms with Crippen LogP contribution >= 0.6 is 0 Å². The van der Waals surface area contributed by atoms with E-state index in [-0.39, 0.29) is 11.8 Å². The van der Waals surface area contributed by atoms with E-state index < -0.39 is 10.2 Å². The number of carbonyl (C=O) groups excluding carboxylic acids is 1. The lowest BCUT2D eigenvalue weighted by atomic mass is 10.2. The van der Waals surface area contributed by atoms with Gasteiger partial charge in [0.25, 0.3) is 10.2 Å². The van der Waals surface area contributed by atoms with Gasteiger partial charge in [0.05, 0.1) is 5.69 Å². The van der Waals surface area contributed by atoms with Gasteiger partial charge >= 0.3 is 0 Å². The number of hydrogen-bond donors (Lipinski definition) is 3. The second-order valence-corrected chi connectivity index (χ2v) is 5.17. The summed E-state index contributed by atoms with van der Waals surface area (Å²) in [7, 11) is -3.80. The van der Waals surface area contributed by atoms with E-state index in [0.717, 1.165) is 0 Å². The molecule has 94 valence electrons. The second-order valence-electron chi connectivity index (χ2n) is 3.87. The molecule has 17 heavy (non-hydrogen) atoms. The molecule has 0 radical (unpaired) electrons. The average Bonchev–Trinajstić information content (AvgIpc) is 2.15. The van der Waals surface area contributed by atoms with Crippen molar-refractivity contribution in [2.45, 2.75) is 13.8 Å². The predicted molar refractivity (Wildman–Crippen MR) is 66.6 cm³/mol. The first-order valence-corrected chi connectivity index (χ1v) is 6.54. The molecular weight excluding hydrogens is 242 g/mol. The maximum absolute atomic E-state index is 11.4. The Morgan fingerprint density at radius 3 is 2.41 bits per heavy atom. The summed E-state index contributed by atoms with van der Waals surface area (Å²) >= 11 is 0. The SMILES string of the molecule is CC(C)C(=O)Nc1cccc(NS(N)(=O)=O)c1. The van der Waals surface area contributed by atoms with Crippen LogP contribution in [-0.4, -0.2) is 14.3 Å². The normalized spacial score (nSPS) is 11.3. The Bertz CT molecular complexity index is 511. The van der Waals surface area contributed by atoms with Crippen LogP contribution in [0.5, 0.6) is 0 Å². The van der Waals surface area contributed by atoms with E-state index in [2.05, 4.69) is 10.0 Å². The maximum Gasteiger partial charge on any atom is 0.296 e. The minimum Gasteiger partial charge on any atom is -0.326 e. The summed E-state index contributed by atoms with van der Waals surface area (Å²) in [6.45, 7) is 3.53. The van der Waals surface area contributed by atoms with Crippen LogP contribution in [-0.2, 0) is 15.0 Å². The predicted octanol–water partition coefficient (Wildman–Crippen LogP) is 0.896. The molecule has 0 bridgehead atoms. The van der Waals surface area contributed by atoms with Crippen LogP contribution in [0.25, 0.3) is 0 Å². The Morgan fingerprint density at radius 1 is 1.29 bits per heavy atom. The van der Waals surface area contributed by atoms with Crippen LogP contribution in [0.3, 0.4) is 0 Å². The van der Waals surface area contributed by atoms with Gasteiger partial charge in [0.1, 0.15) is 0 Å². The van der Waals surface area contributed by atoms with Crippen LogP contribution in [0.15, 0.2) is 24.3 Å². The van der Waals surface area contributed by atoms with Crippen molar-refractivity contribution in [2.75, 3.05) is 10.0 Å². The largest absolute Gasteiger partial charge is 0.326 e. The third-order valence-electron chi connectivity index (χ3n) is 1.91. The minimum atomic E-state index is -3.80. The number of hydrogen-bond acceptors (Lipinski definition) is 3. The third-order valence-corrected chi connectivity index (χ3v) is 2.43. The monoisotopic (exact) mass is 257 g/mol. The van der Waals surface area contributed by atoms with Crippen LogP contribution in [0.2, 0.25) is 0 Å². The molecule has 6 nitrogen and oxygen atoms in total. The van der Waals surface area contributed by atoms with Crippen LogP contribution < -0.4 is 15.2 Å². The van der Waals surface area contributed by atoms with E-state index in [1.807, 2.05) is 0 Å². The molecule has 0 aliphatic heterocycles. The molecule has 0 spiro atoms. The number of rotatable bonds is 4.